The van der Waals surface area contributed by atoms with Crippen LogP contribution in [-0.4, -0.2) is 0 Å². The van der Waals surface area contributed by atoms with Crippen molar-refractivity contribution in [3.63, 3.8) is 0 Å². The summed E-state index contributed by atoms with van der Waals surface area (Å²) in [4.78, 5) is 2.36. The van der Waals surface area contributed by atoms with Crippen LogP contribution in [0.4, 0.5) is 17.1 Å². The van der Waals surface area contributed by atoms with Gasteiger partial charge in [-0.2, -0.15) is 0 Å². The van der Waals surface area contributed by atoms with Crippen LogP contribution < -0.4 is 4.90 Å². The third kappa shape index (κ3) is 3.14. The van der Waals surface area contributed by atoms with E-state index in [4.69, 9.17) is 4.42 Å². The third-order valence-corrected chi connectivity index (χ3v) is 5.91. The Labute approximate surface area is 187 Å². The number of para-hydroxylation sites is 1. The van der Waals surface area contributed by atoms with Gasteiger partial charge in [0.1, 0.15) is 5.76 Å². The average molecular weight is 412 g/mol. The molecule has 0 aliphatic heterocycles. The Morgan fingerprint density at radius 2 is 1.09 bits per heavy atom. The number of nitrogens with zero attached hydrogens (tertiary/aromatic N) is 1. The van der Waals surface area contributed by atoms with Crippen molar-refractivity contribution < 1.29 is 4.42 Å². The van der Waals surface area contributed by atoms with E-state index < -0.39 is 0 Å². The standard InChI is InChI=1S/C30H21NO/c1-2-11-25(12-3-1)31(26-18-16-22(17-19-26)29-15-8-20-32-29)30-27-13-6-4-9-23(27)21-24-10-5-7-14-28(24)30/h1-21H. The van der Waals surface area contributed by atoms with Crippen LogP contribution in [0.15, 0.2) is 132 Å². The second-order valence-corrected chi connectivity index (χ2v) is 7.86. The number of rotatable bonds is 4. The largest absolute Gasteiger partial charge is 0.464 e. The van der Waals surface area contributed by atoms with Crippen molar-refractivity contribution in [2.45, 2.75) is 0 Å². The lowest BCUT2D eigenvalue weighted by atomic mass is 9.99. The SMILES string of the molecule is c1ccc(N(c2ccc(-c3ccco3)cc2)c2c3ccccc3cc3ccccc23)cc1. The highest BCUT2D eigenvalue weighted by Gasteiger charge is 2.18. The van der Waals surface area contributed by atoms with Gasteiger partial charge in [0.05, 0.1) is 12.0 Å². The molecule has 6 rings (SSSR count). The molecular weight excluding hydrogens is 390 g/mol. The molecule has 0 saturated carbocycles. The quantitative estimate of drug-likeness (QED) is 0.270. The predicted molar refractivity (Wildman–Crippen MR) is 134 cm³/mol. The van der Waals surface area contributed by atoms with Gasteiger partial charge >= 0.3 is 0 Å². The third-order valence-electron chi connectivity index (χ3n) is 5.91. The first-order chi connectivity index (χ1) is 15.9. The van der Waals surface area contributed by atoms with Crippen LogP contribution in [0.5, 0.6) is 0 Å². The lowest BCUT2D eigenvalue weighted by Crippen LogP contribution is -2.11. The molecule has 0 fully saturated rings. The second kappa shape index (κ2) is 7.75. The first-order valence-electron chi connectivity index (χ1n) is 10.8. The molecule has 2 nitrogen and oxygen atoms in total. The molecule has 6 aromatic rings. The maximum absolute atomic E-state index is 5.59. The summed E-state index contributed by atoms with van der Waals surface area (Å²) in [5.41, 5.74) is 4.48. The van der Waals surface area contributed by atoms with E-state index in [9.17, 15) is 0 Å². The molecule has 32 heavy (non-hydrogen) atoms. The molecule has 0 spiro atoms. The fourth-order valence-electron chi connectivity index (χ4n) is 4.43. The van der Waals surface area contributed by atoms with Gasteiger partial charge in [-0.3, -0.25) is 0 Å². The number of furan rings is 1. The summed E-state index contributed by atoms with van der Waals surface area (Å²) in [5, 5.41) is 4.92. The molecule has 0 bridgehead atoms. The first kappa shape index (κ1) is 18.5. The molecule has 0 unspecified atom stereocenters. The van der Waals surface area contributed by atoms with Crippen molar-refractivity contribution >= 4 is 38.6 Å². The van der Waals surface area contributed by atoms with Gasteiger partial charge in [-0.25, -0.2) is 0 Å². The van der Waals surface area contributed by atoms with Crippen molar-refractivity contribution in [1.82, 2.24) is 0 Å². The molecule has 0 amide bonds. The minimum absolute atomic E-state index is 0.874. The summed E-state index contributed by atoms with van der Waals surface area (Å²) in [6.07, 6.45) is 1.71. The molecule has 0 radical (unpaired) electrons. The monoisotopic (exact) mass is 411 g/mol. The molecule has 0 saturated heterocycles. The van der Waals surface area contributed by atoms with E-state index in [2.05, 4.69) is 114 Å². The number of anilines is 3. The maximum atomic E-state index is 5.59. The van der Waals surface area contributed by atoms with E-state index in [1.54, 1.807) is 6.26 Å². The van der Waals surface area contributed by atoms with E-state index in [0.717, 1.165) is 22.7 Å². The zero-order valence-corrected chi connectivity index (χ0v) is 17.5. The summed E-state index contributed by atoms with van der Waals surface area (Å²) >= 11 is 0. The smallest absolute Gasteiger partial charge is 0.133 e. The average Bonchev–Trinajstić information content (AvgIpc) is 3.40. The summed E-state index contributed by atoms with van der Waals surface area (Å²) in [6.45, 7) is 0. The zero-order valence-electron chi connectivity index (χ0n) is 17.5. The lowest BCUT2D eigenvalue weighted by molar-refractivity contribution is 0.582. The lowest BCUT2D eigenvalue weighted by Gasteiger charge is -2.28. The van der Waals surface area contributed by atoms with Crippen LogP contribution in [0, 0.1) is 0 Å². The van der Waals surface area contributed by atoms with Crippen molar-refractivity contribution in [3.8, 4) is 11.3 Å². The van der Waals surface area contributed by atoms with Gasteiger partial charge in [-0.05, 0) is 65.4 Å². The van der Waals surface area contributed by atoms with Gasteiger partial charge < -0.3 is 9.32 Å². The summed E-state index contributed by atoms with van der Waals surface area (Å²) < 4.78 is 5.59. The number of hydrogen-bond acceptors (Lipinski definition) is 2. The van der Waals surface area contributed by atoms with Crippen LogP contribution in [0.25, 0.3) is 32.9 Å². The van der Waals surface area contributed by atoms with E-state index >= 15 is 0 Å². The van der Waals surface area contributed by atoms with E-state index in [0.29, 0.717) is 0 Å². The highest BCUT2D eigenvalue weighted by atomic mass is 16.3. The fourth-order valence-corrected chi connectivity index (χ4v) is 4.43. The molecule has 5 aromatic carbocycles. The van der Waals surface area contributed by atoms with Gasteiger partial charge in [0.15, 0.2) is 0 Å². The molecule has 0 N–H and O–H groups in total. The molecule has 1 heterocycles. The highest BCUT2D eigenvalue weighted by molar-refractivity contribution is 6.14. The minimum Gasteiger partial charge on any atom is -0.464 e. The van der Waals surface area contributed by atoms with Crippen molar-refractivity contribution in [2.24, 2.45) is 0 Å². The summed E-state index contributed by atoms with van der Waals surface area (Å²) in [5.74, 6) is 0.874. The number of benzene rings is 5. The molecule has 0 atom stereocenters. The molecule has 0 aliphatic rings. The number of fused-ring (bicyclic) bond motifs is 2. The highest BCUT2D eigenvalue weighted by Crippen LogP contribution is 2.43. The van der Waals surface area contributed by atoms with Gasteiger partial charge in [0.2, 0.25) is 0 Å². The normalized spacial score (nSPS) is 11.1. The Morgan fingerprint density at radius 1 is 0.500 bits per heavy atom. The van der Waals surface area contributed by atoms with Crippen LogP contribution in [0.2, 0.25) is 0 Å². The Balaban J connectivity index is 1.63. The zero-order chi connectivity index (χ0) is 21.3. The van der Waals surface area contributed by atoms with E-state index in [-0.39, 0.29) is 0 Å². The molecule has 2 heteroatoms. The van der Waals surface area contributed by atoms with Crippen molar-refractivity contribution in [2.75, 3.05) is 4.90 Å². The van der Waals surface area contributed by atoms with Crippen molar-refractivity contribution in [3.05, 3.63) is 128 Å². The second-order valence-electron chi connectivity index (χ2n) is 7.86. The van der Waals surface area contributed by atoms with Gasteiger partial charge in [0, 0.05) is 27.7 Å². The topological polar surface area (TPSA) is 16.4 Å². The van der Waals surface area contributed by atoms with Crippen LogP contribution in [0.3, 0.4) is 0 Å². The summed E-state index contributed by atoms with van der Waals surface area (Å²) in [7, 11) is 0. The van der Waals surface area contributed by atoms with Crippen LogP contribution in [-0.2, 0) is 0 Å². The van der Waals surface area contributed by atoms with Gasteiger partial charge in [-0.15, -0.1) is 0 Å². The molecular formula is C30H21NO. The maximum Gasteiger partial charge on any atom is 0.133 e. The first-order valence-corrected chi connectivity index (χ1v) is 10.8. The number of hydrogen-bond donors (Lipinski definition) is 0. The molecule has 1 aromatic heterocycles. The Bertz CT molecular complexity index is 1450. The Morgan fingerprint density at radius 3 is 1.72 bits per heavy atom. The Kier molecular flexibility index (Phi) is 4.47. The predicted octanol–water partition coefficient (Wildman–Crippen LogP) is 8.72. The Hall–Kier alpha value is -4.30. The molecule has 152 valence electrons. The van der Waals surface area contributed by atoms with Crippen LogP contribution in [0.1, 0.15) is 0 Å². The minimum atomic E-state index is 0.874. The molecule has 0 aliphatic carbocycles. The summed E-state index contributed by atoms with van der Waals surface area (Å²) in [6, 6.07) is 42.6. The van der Waals surface area contributed by atoms with E-state index in [1.165, 1.54) is 27.2 Å². The van der Waals surface area contributed by atoms with Gasteiger partial charge in [-0.1, -0.05) is 66.7 Å². The van der Waals surface area contributed by atoms with Gasteiger partial charge in [0.25, 0.3) is 0 Å². The fraction of sp³-hybridized carbons (Fsp3) is 0. The van der Waals surface area contributed by atoms with Crippen molar-refractivity contribution in [1.29, 1.82) is 0 Å². The van der Waals surface area contributed by atoms with E-state index in [1.807, 2.05) is 12.1 Å². The van der Waals surface area contributed by atoms with Crippen LogP contribution >= 0.6 is 0 Å².